The van der Waals surface area contributed by atoms with Crippen molar-refractivity contribution in [1.82, 2.24) is 0 Å². The van der Waals surface area contributed by atoms with Gasteiger partial charge in [-0.2, -0.15) is 0 Å². The largest absolute Gasteiger partial charge is 0.508 e. The second-order valence-corrected chi connectivity index (χ2v) is 6.10. The van der Waals surface area contributed by atoms with E-state index >= 15 is 0 Å². The first-order chi connectivity index (χ1) is 10.4. The molecule has 2 rings (SSSR count). The average molecular weight is 296 g/mol. The van der Waals surface area contributed by atoms with Crippen LogP contribution in [0.4, 0.5) is 0 Å². The molecule has 0 spiro atoms. The SMILES string of the molecule is CC(C)(C)c1cc(O)ccc1OC(=O)C=Cc1ccccc1. The summed E-state index contributed by atoms with van der Waals surface area (Å²) >= 11 is 0. The van der Waals surface area contributed by atoms with E-state index in [1.165, 1.54) is 12.1 Å². The smallest absolute Gasteiger partial charge is 0.336 e. The van der Waals surface area contributed by atoms with Crippen LogP contribution in [0.1, 0.15) is 31.9 Å². The van der Waals surface area contributed by atoms with E-state index < -0.39 is 5.97 Å². The fourth-order valence-corrected chi connectivity index (χ4v) is 2.06. The van der Waals surface area contributed by atoms with Gasteiger partial charge in [0.15, 0.2) is 0 Å². The van der Waals surface area contributed by atoms with Gasteiger partial charge in [-0.3, -0.25) is 0 Å². The Morgan fingerprint density at radius 2 is 1.77 bits per heavy atom. The summed E-state index contributed by atoms with van der Waals surface area (Å²) in [6.45, 7) is 6.00. The zero-order valence-corrected chi connectivity index (χ0v) is 13.0. The summed E-state index contributed by atoms with van der Waals surface area (Å²) in [5.74, 6) is 0.178. The Morgan fingerprint density at radius 1 is 1.09 bits per heavy atom. The maximum Gasteiger partial charge on any atom is 0.336 e. The van der Waals surface area contributed by atoms with Crippen LogP contribution in [-0.2, 0) is 10.2 Å². The summed E-state index contributed by atoms with van der Waals surface area (Å²) in [5, 5.41) is 9.63. The maximum atomic E-state index is 12.0. The molecular weight excluding hydrogens is 276 g/mol. The number of hydrogen-bond acceptors (Lipinski definition) is 3. The zero-order chi connectivity index (χ0) is 16.2. The summed E-state index contributed by atoms with van der Waals surface area (Å²) in [7, 11) is 0. The molecule has 0 atom stereocenters. The molecule has 0 aliphatic rings. The Kier molecular flexibility index (Phi) is 4.66. The molecule has 2 aromatic carbocycles. The van der Waals surface area contributed by atoms with E-state index in [9.17, 15) is 9.90 Å². The number of ether oxygens (including phenoxy) is 1. The van der Waals surface area contributed by atoms with Crippen molar-refractivity contribution in [2.45, 2.75) is 26.2 Å². The molecule has 0 amide bonds. The summed E-state index contributed by atoms with van der Waals surface area (Å²) < 4.78 is 5.41. The lowest BCUT2D eigenvalue weighted by Crippen LogP contribution is -2.15. The van der Waals surface area contributed by atoms with Crippen LogP contribution in [-0.4, -0.2) is 11.1 Å². The van der Waals surface area contributed by atoms with Crippen LogP contribution in [0.2, 0.25) is 0 Å². The van der Waals surface area contributed by atoms with Crippen LogP contribution in [0.3, 0.4) is 0 Å². The third kappa shape index (κ3) is 4.22. The Labute approximate surface area is 130 Å². The van der Waals surface area contributed by atoms with Gasteiger partial charge in [0.25, 0.3) is 0 Å². The summed E-state index contributed by atoms with van der Waals surface area (Å²) in [6.07, 6.45) is 3.11. The van der Waals surface area contributed by atoms with Crippen LogP contribution in [0.15, 0.2) is 54.6 Å². The van der Waals surface area contributed by atoms with Gasteiger partial charge in [0, 0.05) is 11.6 Å². The van der Waals surface area contributed by atoms with Gasteiger partial charge >= 0.3 is 5.97 Å². The van der Waals surface area contributed by atoms with Gasteiger partial charge in [0.05, 0.1) is 0 Å². The summed E-state index contributed by atoms with van der Waals surface area (Å²) in [6, 6.07) is 14.3. The number of benzene rings is 2. The molecule has 22 heavy (non-hydrogen) atoms. The molecule has 0 heterocycles. The Balaban J connectivity index is 2.17. The number of esters is 1. The third-order valence-corrected chi connectivity index (χ3v) is 3.19. The minimum absolute atomic E-state index is 0.157. The molecule has 0 aliphatic heterocycles. The number of rotatable bonds is 3. The third-order valence-electron chi connectivity index (χ3n) is 3.19. The van der Waals surface area contributed by atoms with E-state index in [1.807, 2.05) is 51.1 Å². The number of phenolic OH excluding ortho intramolecular Hbond substituents is 1. The van der Waals surface area contributed by atoms with Gasteiger partial charge in [0.2, 0.25) is 0 Å². The summed E-state index contributed by atoms with van der Waals surface area (Å²) in [5.41, 5.74) is 1.48. The first-order valence-corrected chi connectivity index (χ1v) is 7.15. The van der Waals surface area contributed by atoms with E-state index in [-0.39, 0.29) is 11.2 Å². The molecule has 0 saturated heterocycles. The molecule has 3 heteroatoms. The lowest BCUT2D eigenvalue weighted by Gasteiger charge is -2.22. The molecule has 2 aromatic rings. The van der Waals surface area contributed by atoms with Crippen LogP contribution < -0.4 is 4.74 Å². The lowest BCUT2D eigenvalue weighted by atomic mass is 9.86. The van der Waals surface area contributed by atoms with Crippen LogP contribution in [0.5, 0.6) is 11.5 Å². The standard InChI is InChI=1S/C19H20O3/c1-19(2,3)16-13-15(20)10-11-17(16)22-18(21)12-9-14-7-5-4-6-8-14/h4-13,20H,1-3H3. The molecule has 0 saturated carbocycles. The number of carbonyl (C=O) groups is 1. The molecule has 3 nitrogen and oxygen atoms in total. The molecule has 1 N–H and O–H groups in total. The molecule has 0 unspecified atom stereocenters. The highest BCUT2D eigenvalue weighted by Gasteiger charge is 2.20. The lowest BCUT2D eigenvalue weighted by molar-refractivity contribution is -0.129. The predicted molar refractivity (Wildman–Crippen MR) is 87.9 cm³/mol. The van der Waals surface area contributed by atoms with Gasteiger partial charge < -0.3 is 9.84 Å². The molecule has 0 bridgehead atoms. The number of aromatic hydroxyl groups is 1. The summed E-state index contributed by atoms with van der Waals surface area (Å²) in [4.78, 5) is 12.0. The number of hydrogen-bond donors (Lipinski definition) is 1. The molecule has 114 valence electrons. The van der Waals surface area contributed by atoms with Gasteiger partial charge in [0.1, 0.15) is 11.5 Å². The first-order valence-electron chi connectivity index (χ1n) is 7.15. The van der Waals surface area contributed by atoms with E-state index in [0.717, 1.165) is 11.1 Å². The minimum atomic E-state index is -0.444. The topological polar surface area (TPSA) is 46.5 Å². The second-order valence-electron chi connectivity index (χ2n) is 6.10. The van der Waals surface area contributed by atoms with Gasteiger partial charge in [-0.25, -0.2) is 4.79 Å². The van der Waals surface area contributed by atoms with E-state index in [2.05, 4.69) is 0 Å². The van der Waals surface area contributed by atoms with Crippen molar-refractivity contribution in [2.24, 2.45) is 0 Å². The van der Waals surface area contributed by atoms with Gasteiger partial charge in [-0.1, -0.05) is 51.1 Å². The van der Waals surface area contributed by atoms with Crippen molar-refractivity contribution in [1.29, 1.82) is 0 Å². The monoisotopic (exact) mass is 296 g/mol. The second kappa shape index (κ2) is 6.48. The average Bonchev–Trinajstić information content (AvgIpc) is 2.47. The highest BCUT2D eigenvalue weighted by molar-refractivity contribution is 5.88. The van der Waals surface area contributed by atoms with Gasteiger partial charge in [-0.05, 0) is 35.3 Å². The van der Waals surface area contributed by atoms with Gasteiger partial charge in [-0.15, -0.1) is 0 Å². The Bertz CT molecular complexity index is 680. The highest BCUT2D eigenvalue weighted by atomic mass is 16.5. The van der Waals surface area contributed by atoms with Crippen molar-refractivity contribution < 1.29 is 14.6 Å². The van der Waals surface area contributed by atoms with Crippen molar-refractivity contribution in [3.8, 4) is 11.5 Å². The number of phenols is 1. The Hall–Kier alpha value is -2.55. The maximum absolute atomic E-state index is 12.0. The number of carbonyl (C=O) groups excluding carboxylic acids is 1. The molecule has 0 aliphatic carbocycles. The molecule has 0 radical (unpaired) electrons. The van der Waals surface area contributed by atoms with Crippen LogP contribution in [0.25, 0.3) is 6.08 Å². The minimum Gasteiger partial charge on any atom is -0.508 e. The first kappa shape index (κ1) is 15.8. The fourth-order valence-electron chi connectivity index (χ4n) is 2.06. The molecular formula is C19H20O3. The molecule has 0 fully saturated rings. The van der Waals surface area contributed by atoms with Crippen molar-refractivity contribution in [3.63, 3.8) is 0 Å². The predicted octanol–water partition coefficient (Wildman–Crippen LogP) is 4.31. The Morgan fingerprint density at radius 3 is 2.41 bits per heavy atom. The normalized spacial score (nSPS) is 11.6. The van der Waals surface area contributed by atoms with E-state index in [0.29, 0.717) is 5.75 Å². The van der Waals surface area contributed by atoms with Crippen molar-refractivity contribution in [3.05, 3.63) is 65.7 Å². The molecule has 0 aromatic heterocycles. The highest BCUT2D eigenvalue weighted by Crippen LogP contribution is 2.34. The van der Waals surface area contributed by atoms with Crippen molar-refractivity contribution >= 4 is 12.0 Å². The van der Waals surface area contributed by atoms with Crippen LogP contribution in [0, 0.1) is 0 Å². The zero-order valence-electron chi connectivity index (χ0n) is 13.0. The van der Waals surface area contributed by atoms with Crippen LogP contribution >= 0.6 is 0 Å². The fraction of sp³-hybridized carbons (Fsp3) is 0.211. The van der Waals surface area contributed by atoms with E-state index in [4.69, 9.17) is 4.74 Å². The van der Waals surface area contributed by atoms with Crippen molar-refractivity contribution in [2.75, 3.05) is 0 Å². The van der Waals surface area contributed by atoms with E-state index in [1.54, 1.807) is 18.2 Å². The quantitative estimate of drug-likeness (QED) is 0.521.